The molecular weight excluding hydrogens is 458 g/mol. The van der Waals surface area contributed by atoms with Crippen LogP contribution >= 0.6 is 11.3 Å². The molecule has 0 fully saturated rings. The highest BCUT2D eigenvalue weighted by Gasteiger charge is 2.30. The Morgan fingerprint density at radius 1 is 0.970 bits per heavy atom. The number of benzene rings is 2. The van der Waals surface area contributed by atoms with E-state index in [0.717, 1.165) is 35.6 Å². The van der Waals surface area contributed by atoms with E-state index in [1.54, 1.807) is 30.6 Å². The molecule has 0 aliphatic rings. The predicted octanol–water partition coefficient (Wildman–Crippen LogP) is 6.26. The van der Waals surface area contributed by atoms with Crippen molar-refractivity contribution in [1.82, 2.24) is 9.97 Å². The van der Waals surface area contributed by atoms with Crippen LogP contribution in [0.3, 0.4) is 0 Å². The number of pyridine rings is 1. The lowest BCUT2D eigenvalue weighted by Gasteiger charge is -2.12. The zero-order valence-electron chi connectivity index (χ0n) is 16.7. The second kappa shape index (κ2) is 8.87. The zero-order chi connectivity index (χ0) is 23.6. The van der Waals surface area contributed by atoms with Gasteiger partial charge >= 0.3 is 12.2 Å². The molecule has 33 heavy (non-hydrogen) atoms. The van der Waals surface area contributed by atoms with Crippen molar-refractivity contribution in [1.29, 1.82) is 0 Å². The molecule has 0 spiro atoms. The number of urea groups is 1. The molecule has 0 radical (unpaired) electrons. The number of aromatic nitrogens is 2. The number of carbonyl (C=O) groups is 1. The largest absolute Gasteiger partial charge is 0.416 e. The maximum Gasteiger partial charge on any atom is 0.416 e. The van der Waals surface area contributed by atoms with E-state index in [1.165, 1.54) is 12.1 Å². The molecule has 0 aliphatic carbocycles. The molecule has 6 nitrogen and oxygen atoms in total. The topological polar surface area (TPSA) is 92.9 Å². The summed E-state index contributed by atoms with van der Waals surface area (Å²) in [7, 11) is 0. The van der Waals surface area contributed by atoms with Gasteiger partial charge in [-0.25, -0.2) is 14.2 Å². The number of amides is 2. The van der Waals surface area contributed by atoms with E-state index in [0.29, 0.717) is 16.1 Å². The van der Waals surface area contributed by atoms with E-state index < -0.39 is 23.6 Å². The summed E-state index contributed by atoms with van der Waals surface area (Å²) in [4.78, 5) is 21.0. The number of thiazole rings is 1. The Morgan fingerprint density at radius 3 is 2.33 bits per heavy atom. The predicted molar refractivity (Wildman–Crippen MR) is 119 cm³/mol. The molecule has 168 valence electrons. The van der Waals surface area contributed by atoms with Crippen LogP contribution in [0.2, 0.25) is 0 Å². The fourth-order valence-corrected chi connectivity index (χ4v) is 3.93. The zero-order valence-corrected chi connectivity index (χ0v) is 17.5. The summed E-state index contributed by atoms with van der Waals surface area (Å²) in [6.07, 6.45) is -1.33. The van der Waals surface area contributed by atoms with Crippen molar-refractivity contribution in [2.45, 2.75) is 6.18 Å². The molecule has 2 aromatic heterocycles. The minimum absolute atomic E-state index is 0.118. The van der Waals surface area contributed by atoms with Crippen LogP contribution in [0.15, 0.2) is 67.0 Å². The Morgan fingerprint density at radius 2 is 1.67 bits per heavy atom. The van der Waals surface area contributed by atoms with Gasteiger partial charge in [0.25, 0.3) is 0 Å². The van der Waals surface area contributed by atoms with Crippen LogP contribution in [0.5, 0.6) is 0 Å². The highest BCUT2D eigenvalue weighted by Crippen LogP contribution is 2.40. The summed E-state index contributed by atoms with van der Waals surface area (Å²) in [5.41, 5.74) is 6.38. The summed E-state index contributed by atoms with van der Waals surface area (Å²) >= 11 is 1.10. The van der Waals surface area contributed by atoms with E-state index in [-0.39, 0.29) is 22.1 Å². The molecule has 11 heteroatoms. The van der Waals surface area contributed by atoms with Gasteiger partial charge < -0.3 is 16.4 Å². The van der Waals surface area contributed by atoms with Crippen molar-refractivity contribution in [2.24, 2.45) is 0 Å². The Bertz CT molecular complexity index is 1290. The Balaban J connectivity index is 1.57. The number of carbonyl (C=O) groups excluding carboxylic acids is 1. The summed E-state index contributed by atoms with van der Waals surface area (Å²) in [6.45, 7) is 0. The van der Waals surface area contributed by atoms with Crippen LogP contribution in [-0.4, -0.2) is 16.0 Å². The van der Waals surface area contributed by atoms with E-state index in [9.17, 15) is 18.0 Å². The fraction of sp³-hybridized carbons (Fsp3) is 0.0455. The van der Waals surface area contributed by atoms with Gasteiger partial charge in [0.1, 0.15) is 0 Å². The standard InChI is InChI=1S/C22H15F4N5OS/c23-17-15(19-18(31-20(27)33-19)12-8-10-28-11-9-12)2-1-3-16(17)30-21(32)29-14-6-4-13(5-7-14)22(24,25)26/h1-11H,(H2,27,31)(H2,29,30,32). The van der Waals surface area contributed by atoms with Gasteiger partial charge in [0.05, 0.1) is 21.8 Å². The van der Waals surface area contributed by atoms with E-state index in [1.807, 2.05) is 0 Å². The molecule has 0 aliphatic heterocycles. The van der Waals surface area contributed by atoms with Gasteiger partial charge in [-0.15, -0.1) is 0 Å². The normalized spacial score (nSPS) is 11.3. The number of anilines is 3. The first kappa shape index (κ1) is 22.2. The summed E-state index contributed by atoms with van der Waals surface area (Å²) < 4.78 is 53.3. The molecule has 2 heterocycles. The van der Waals surface area contributed by atoms with Gasteiger partial charge in [0.2, 0.25) is 0 Å². The average Bonchev–Trinajstić information content (AvgIpc) is 3.17. The van der Waals surface area contributed by atoms with E-state index >= 15 is 4.39 Å². The number of halogens is 4. The lowest BCUT2D eigenvalue weighted by atomic mass is 10.1. The monoisotopic (exact) mass is 473 g/mol. The number of nitrogens with two attached hydrogens (primary N) is 1. The number of alkyl halides is 3. The Hall–Kier alpha value is -3.99. The van der Waals surface area contributed by atoms with Crippen molar-refractivity contribution in [3.63, 3.8) is 0 Å². The molecule has 0 atom stereocenters. The van der Waals surface area contributed by atoms with Crippen LogP contribution in [0.25, 0.3) is 21.7 Å². The number of hydrogen-bond donors (Lipinski definition) is 3. The molecule has 0 saturated heterocycles. The van der Waals surface area contributed by atoms with Gasteiger partial charge in [-0.1, -0.05) is 23.5 Å². The highest BCUT2D eigenvalue weighted by molar-refractivity contribution is 7.19. The van der Waals surface area contributed by atoms with E-state index in [2.05, 4.69) is 20.6 Å². The number of hydrogen-bond acceptors (Lipinski definition) is 5. The second-order valence-electron chi connectivity index (χ2n) is 6.79. The molecule has 0 bridgehead atoms. The van der Waals surface area contributed by atoms with Crippen LogP contribution in [0, 0.1) is 5.82 Å². The minimum atomic E-state index is -4.49. The third-order valence-electron chi connectivity index (χ3n) is 4.56. The van der Waals surface area contributed by atoms with Gasteiger partial charge in [-0.2, -0.15) is 13.2 Å². The van der Waals surface area contributed by atoms with Crippen LogP contribution < -0.4 is 16.4 Å². The highest BCUT2D eigenvalue weighted by atomic mass is 32.1. The summed E-state index contributed by atoms with van der Waals surface area (Å²) in [5, 5.41) is 5.00. The smallest absolute Gasteiger partial charge is 0.375 e. The quantitative estimate of drug-likeness (QED) is 0.305. The molecule has 4 rings (SSSR count). The summed E-state index contributed by atoms with van der Waals surface area (Å²) in [5.74, 6) is -0.709. The third-order valence-corrected chi connectivity index (χ3v) is 5.48. The Labute approximate surface area is 189 Å². The molecule has 2 amide bonds. The van der Waals surface area contributed by atoms with Gasteiger partial charge in [-0.3, -0.25) is 4.98 Å². The second-order valence-corrected chi connectivity index (χ2v) is 7.82. The maximum absolute atomic E-state index is 15.3. The van der Waals surface area contributed by atoms with Crippen molar-refractivity contribution in [3.05, 3.63) is 78.4 Å². The SMILES string of the molecule is Nc1nc(-c2ccncc2)c(-c2cccc(NC(=O)Nc3ccc(C(F)(F)F)cc3)c2F)s1. The van der Waals surface area contributed by atoms with Gasteiger partial charge in [0, 0.05) is 29.2 Å². The lowest BCUT2D eigenvalue weighted by molar-refractivity contribution is -0.137. The first-order valence-electron chi connectivity index (χ1n) is 9.43. The van der Waals surface area contributed by atoms with Crippen LogP contribution in [0.4, 0.5) is 38.9 Å². The number of rotatable bonds is 4. The fourth-order valence-electron chi connectivity index (χ4n) is 3.06. The van der Waals surface area contributed by atoms with Crippen LogP contribution in [-0.2, 0) is 6.18 Å². The minimum Gasteiger partial charge on any atom is -0.375 e. The molecule has 0 saturated carbocycles. The van der Waals surface area contributed by atoms with E-state index in [4.69, 9.17) is 5.73 Å². The number of nitrogens with one attached hydrogen (secondary N) is 2. The first-order chi connectivity index (χ1) is 15.7. The van der Waals surface area contributed by atoms with Crippen LogP contribution in [0.1, 0.15) is 5.56 Å². The molecule has 4 N–H and O–H groups in total. The van der Waals surface area contributed by atoms with Gasteiger partial charge in [-0.05, 0) is 42.5 Å². The molecule has 0 unspecified atom stereocenters. The third kappa shape index (κ3) is 4.93. The Kier molecular flexibility index (Phi) is 5.97. The maximum atomic E-state index is 15.3. The summed E-state index contributed by atoms with van der Waals surface area (Å²) in [6, 6.07) is 11.0. The van der Waals surface area contributed by atoms with Crippen molar-refractivity contribution in [2.75, 3.05) is 16.4 Å². The van der Waals surface area contributed by atoms with Crippen molar-refractivity contribution < 1.29 is 22.4 Å². The molecule has 2 aromatic carbocycles. The van der Waals surface area contributed by atoms with Crippen molar-refractivity contribution >= 4 is 33.9 Å². The first-order valence-corrected chi connectivity index (χ1v) is 10.2. The number of nitrogens with zero attached hydrogens (tertiary/aromatic N) is 2. The lowest BCUT2D eigenvalue weighted by Crippen LogP contribution is -2.20. The average molecular weight is 473 g/mol. The molecular formula is C22H15F4N5OS. The van der Waals surface area contributed by atoms with Gasteiger partial charge in [0.15, 0.2) is 10.9 Å². The van der Waals surface area contributed by atoms with Crippen molar-refractivity contribution in [3.8, 4) is 21.7 Å². The number of nitrogen functional groups attached to an aromatic ring is 1. The molecule has 4 aromatic rings.